The highest BCUT2D eigenvalue weighted by atomic mass is 19.4. The van der Waals surface area contributed by atoms with Gasteiger partial charge >= 0.3 is 12.3 Å². The van der Waals surface area contributed by atoms with Gasteiger partial charge in [-0.25, -0.2) is 4.79 Å². The standard InChI is InChI=1S/C11H18F3NO3/c1-10(2,3)18-9(17)15-5-7(11(12,13)14)4-8(15)6-16/h7-8,16H,4-6H2,1-3H3/t7-,8-/m0/s1. The van der Waals surface area contributed by atoms with Crippen molar-refractivity contribution in [3.8, 4) is 0 Å². The number of alkyl halides is 3. The first-order valence-electron chi connectivity index (χ1n) is 5.72. The van der Waals surface area contributed by atoms with Gasteiger partial charge in [-0.15, -0.1) is 0 Å². The Kier molecular flexibility index (Phi) is 4.15. The summed E-state index contributed by atoms with van der Waals surface area (Å²) in [5.41, 5.74) is -0.770. The van der Waals surface area contributed by atoms with E-state index in [2.05, 4.69) is 0 Å². The van der Waals surface area contributed by atoms with Crippen molar-refractivity contribution in [3.05, 3.63) is 0 Å². The van der Waals surface area contributed by atoms with E-state index in [4.69, 9.17) is 9.84 Å². The van der Waals surface area contributed by atoms with Gasteiger partial charge in [0.2, 0.25) is 0 Å². The molecule has 0 aromatic carbocycles. The highest BCUT2D eigenvalue weighted by molar-refractivity contribution is 5.69. The third-order valence-electron chi connectivity index (χ3n) is 2.72. The maximum Gasteiger partial charge on any atom is 0.410 e. The Bertz CT molecular complexity index is 312. The Labute approximate surface area is 104 Å². The van der Waals surface area contributed by atoms with Crippen LogP contribution in [-0.2, 0) is 4.74 Å². The van der Waals surface area contributed by atoms with Crippen molar-refractivity contribution in [1.29, 1.82) is 0 Å². The number of amides is 1. The second-order valence-electron chi connectivity index (χ2n) is 5.44. The van der Waals surface area contributed by atoms with Crippen molar-refractivity contribution >= 4 is 6.09 Å². The molecular formula is C11H18F3NO3. The predicted octanol–water partition coefficient (Wildman–Crippen LogP) is 2.17. The molecule has 1 N–H and O–H groups in total. The number of nitrogens with zero attached hydrogens (tertiary/aromatic N) is 1. The van der Waals surface area contributed by atoms with Gasteiger partial charge in [-0.05, 0) is 27.2 Å². The lowest BCUT2D eigenvalue weighted by atomic mass is 10.1. The van der Waals surface area contributed by atoms with Crippen LogP contribution in [0.25, 0.3) is 0 Å². The summed E-state index contributed by atoms with van der Waals surface area (Å²) < 4.78 is 42.8. The van der Waals surface area contributed by atoms with Gasteiger partial charge < -0.3 is 14.7 Å². The number of halogens is 3. The van der Waals surface area contributed by atoms with Gasteiger partial charge in [-0.1, -0.05) is 0 Å². The van der Waals surface area contributed by atoms with Crippen LogP contribution in [0.4, 0.5) is 18.0 Å². The van der Waals surface area contributed by atoms with E-state index < -0.39 is 43.0 Å². The Morgan fingerprint density at radius 1 is 1.39 bits per heavy atom. The van der Waals surface area contributed by atoms with Gasteiger partial charge in [0, 0.05) is 6.54 Å². The van der Waals surface area contributed by atoms with Crippen molar-refractivity contribution in [3.63, 3.8) is 0 Å². The van der Waals surface area contributed by atoms with E-state index in [1.54, 1.807) is 20.8 Å². The minimum atomic E-state index is -4.36. The highest BCUT2D eigenvalue weighted by Crippen LogP contribution is 2.36. The molecule has 0 radical (unpaired) electrons. The molecule has 0 spiro atoms. The number of ether oxygens (including phenoxy) is 1. The average Bonchev–Trinajstić information content (AvgIpc) is 2.57. The minimum absolute atomic E-state index is 0.279. The van der Waals surface area contributed by atoms with Crippen molar-refractivity contribution in [2.75, 3.05) is 13.2 Å². The van der Waals surface area contributed by atoms with Crippen molar-refractivity contribution < 1.29 is 27.8 Å². The van der Waals surface area contributed by atoms with Crippen LogP contribution in [0.5, 0.6) is 0 Å². The molecule has 0 bridgehead atoms. The lowest BCUT2D eigenvalue weighted by molar-refractivity contribution is -0.170. The fourth-order valence-corrected chi connectivity index (χ4v) is 1.87. The number of rotatable bonds is 1. The SMILES string of the molecule is CC(C)(C)OC(=O)N1C[C@@H](C(F)(F)F)C[C@H]1CO. The first-order chi connectivity index (χ1) is 8.04. The van der Waals surface area contributed by atoms with Crippen LogP contribution in [0, 0.1) is 5.92 Å². The molecule has 1 heterocycles. The van der Waals surface area contributed by atoms with Crippen molar-refractivity contribution in [2.24, 2.45) is 5.92 Å². The molecule has 1 amide bonds. The summed E-state index contributed by atoms with van der Waals surface area (Å²) in [5.74, 6) is -1.60. The highest BCUT2D eigenvalue weighted by Gasteiger charge is 2.49. The minimum Gasteiger partial charge on any atom is -0.444 e. The molecule has 18 heavy (non-hydrogen) atoms. The summed E-state index contributed by atoms with van der Waals surface area (Å²) in [6.45, 7) is 3.96. The molecule has 106 valence electrons. The van der Waals surface area contributed by atoms with Crippen LogP contribution in [0.15, 0.2) is 0 Å². The zero-order valence-corrected chi connectivity index (χ0v) is 10.6. The van der Waals surface area contributed by atoms with Gasteiger partial charge in [0.05, 0.1) is 18.6 Å². The predicted molar refractivity (Wildman–Crippen MR) is 58.0 cm³/mol. The monoisotopic (exact) mass is 269 g/mol. The molecule has 4 nitrogen and oxygen atoms in total. The molecule has 1 saturated heterocycles. The largest absolute Gasteiger partial charge is 0.444 e. The van der Waals surface area contributed by atoms with E-state index in [0.717, 1.165) is 4.90 Å². The third kappa shape index (κ3) is 3.76. The van der Waals surface area contributed by atoms with E-state index >= 15 is 0 Å². The van der Waals surface area contributed by atoms with E-state index in [9.17, 15) is 18.0 Å². The molecule has 1 aliphatic rings. The number of carbonyl (C=O) groups excluding carboxylic acids is 1. The molecule has 2 atom stereocenters. The Hall–Kier alpha value is -0.980. The van der Waals surface area contributed by atoms with Crippen LogP contribution in [0.3, 0.4) is 0 Å². The summed E-state index contributed by atoms with van der Waals surface area (Å²) in [7, 11) is 0. The zero-order valence-electron chi connectivity index (χ0n) is 10.6. The fourth-order valence-electron chi connectivity index (χ4n) is 1.87. The lowest BCUT2D eigenvalue weighted by Crippen LogP contribution is -2.41. The van der Waals surface area contributed by atoms with E-state index in [1.165, 1.54) is 0 Å². The van der Waals surface area contributed by atoms with Crippen molar-refractivity contribution in [2.45, 2.75) is 45.0 Å². The van der Waals surface area contributed by atoms with Gasteiger partial charge in [0.25, 0.3) is 0 Å². The van der Waals surface area contributed by atoms with Gasteiger partial charge in [-0.3, -0.25) is 0 Å². The van der Waals surface area contributed by atoms with E-state index in [0.29, 0.717) is 0 Å². The van der Waals surface area contributed by atoms with Crippen molar-refractivity contribution in [1.82, 2.24) is 4.90 Å². The molecule has 7 heteroatoms. The van der Waals surface area contributed by atoms with E-state index in [-0.39, 0.29) is 6.42 Å². The summed E-state index contributed by atoms with van der Waals surface area (Å²) in [5, 5.41) is 9.05. The number of likely N-dealkylation sites (tertiary alicyclic amines) is 1. The molecule has 0 aliphatic carbocycles. The zero-order chi connectivity index (χ0) is 14.1. The molecule has 1 aliphatic heterocycles. The smallest absolute Gasteiger partial charge is 0.410 e. The number of aliphatic hydroxyl groups excluding tert-OH is 1. The maximum absolute atomic E-state index is 12.6. The quantitative estimate of drug-likeness (QED) is 0.793. The summed E-state index contributed by atoms with van der Waals surface area (Å²) >= 11 is 0. The topological polar surface area (TPSA) is 49.8 Å². The second kappa shape index (κ2) is 4.95. The second-order valence-corrected chi connectivity index (χ2v) is 5.44. The lowest BCUT2D eigenvalue weighted by Gasteiger charge is -2.27. The number of aliphatic hydroxyl groups is 1. The molecular weight excluding hydrogens is 251 g/mol. The number of carbonyl (C=O) groups is 1. The molecule has 1 rings (SSSR count). The molecule has 0 aromatic rings. The molecule has 0 unspecified atom stereocenters. The van der Waals surface area contributed by atoms with Crippen LogP contribution in [-0.4, -0.2) is 47.1 Å². The van der Waals surface area contributed by atoms with Gasteiger partial charge in [-0.2, -0.15) is 13.2 Å². The first kappa shape index (κ1) is 15.1. The van der Waals surface area contributed by atoms with Crippen LogP contribution in [0.1, 0.15) is 27.2 Å². The normalized spacial score (nSPS) is 25.4. The number of hydrogen-bond donors (Lipinski definition) is 1. The Morgan fingerprint density at radius 3 is 2.33 bits per heavy atom. The summed E-state index contributed by atoms with van der Waals surface area (Å²) in [4.78, 5) is 12.7. The average molecular weight is 269 g/mol. The van der Waals surface area contributed by atoms with Crippen LogP contribution < -0.4 is 0 Å². The van der Waals surface area contributed by atoms with Gasteiger partial charge in [0.15, 0.2) is 0 Å². The third-order valence-corrected chi connectivity index (χ3v) is 2.72. The fraction of sp³-hybridized carbons (Fsp3) is 0.909. The Morgan fingerprint density at radius 2 is 1.94 bits per heavy atom. The number of hydrogen-bond acceptors (Lipinski definition) is 3. The maximum atomic E-state index is 12.6. The first-order valence-corrected chi connectivity index (χ1v) is 5.72. The summed E-state index contributed by atoms with van der Waals surface area (Å²) in [6.07, 6.45) is -5.45. The summed E-state index contributed by atoms with van der Waals surface area (Å²) in [6, 6.07) is -0.827. The van der Waals surface area contributed by atoms with Crippen LogP contribution in [0.2, 0.25) is 0 Å². The van der Waals surface area contributed by atoms with Gasteiger partial charge in [0.1, 0.15) is 5.60 Å². The Balaban J connectivity index is 2.73. The molecule has 0 aromatic heterocycles. The molecule has 1 fully saturated rings. The molecule has 0 saturated carbocycles. The van der Waals surface area contributed by atoms with E-state index in [1.807, 2.05) is 0 Å². The van der Waals surface area contributed by atoms with Crippen LogP contribution >= 0.6 is 0 Å².